The first kappa shape index (κ1) is 11.4. The molecule has 1 aromatic heterocycles. The lowest BCUT2D eigenvalue weighted by Gasteiger charge is -2.10. The lowest BCUT2D eigenvalue weighted by atomic mass is 10.1. The Morgan fingerprint density at radius 1 is 1.60 bits per heavy atom. The molecule has 1 aromatic rings. The van der Waals surface area contributed by atoms with E-state index >= 15 is 0 Å². The predicted molar refractivity (Wildman–Crippen MR) is 52.7 cm³/mol. The highest BCUT2D eigenvalue weighted by Gasteiger charge is 2.10. The number of pyridine rings is 1. The molecule has 6 nitrogen and oxygen atoms in total. The minimum absolute atomic E-state index is 0.104. The number of hydrogen-bond donors (Lipinski definition) is 4. The first-order valence-electron chi connectivity index (χ1n) is 4.36. The van der Waals surface area contributed by atoms with E-state index in [0.717, 1.165) is 0 Å². The fourth-order valence-electron chi connectivity index (χ4n) is 1.12. The molecule has 0 aliphatic rings. The van der Waals surface area contributed by atoms with Gasteiger partial charge in [0.2, 0.25) is 0 Å². The number of carbonyl (C=O) groups is 1. The third-order valence-corrected chi connectivity index (χ3v) is 1.77. The Hall–Kier alpha value is -1.66. The fourth-order valence-corrected chi connectivity index (χ4v) is 1.12. The molecule has 0 fully saturated rings. The standard InChI is InChI=1S/C9H12N2O4/c12-5-6(13)4-8-7(11-9(14)15)2-1-3-10-8/h1-3,6,11-13H,4-5H2,(H,14,15). The van der Waals surface area contributed by atoms with Crippen molar-refractivity contribution in [2.75, 3.05) is 11.9 Å². The van der Waals surface area contributed by atoms with Crippen LogP contribution >= 0.6 is 0 Å². The third-order valence-electron chi connectivity index (χ3n) is 1.77. The molecule has 15 heavy (non-hydrogen) atoms. The summed E-state index contributed by atoms with van der Waals surface area (Å²) in [7, 11) is 0. The van der Waals surface area contributed by atoms with Gasteiger partial charge in [0.1, 0.15) is 0 Å². The van der Waals surface area contributed by atoms with Crippen molar-refractivity contribution >= 4 is 11.8 Å². The van der Waals surface area contributed by atoms with Crippen LogP contribution in [-0.4, -0.2) is 39.1 Å². The fraction of sp³-hybridized carbons (Fsp3) is 0.333. The van der Waals surface area contributed by atoms with E-state index in [1.807, 2.05) is 0 Å². The maximum Gasteiger partial charge on any atom is 0.409 e. The third kappa shape index (κ3) is 3.53. The Kier molecular flexibility index (Phi) is 4.02. The van der Waals surface area contributed by atoms with Crippen molar-refractivity contribution in [3.63, 3.8) is 0 Å². The van der Waals surface area contributed by atoms with Gasteiger partial charge in [0.15, 0.2) is 0 Å². The SMILES string of the molecule is O=C(O)Nc1cccnc1CC(O)CO. The topological polar surface area (TPSA) is 103 Å². The molecule has 0 saturated heterocycles. The van der Waals surface area contributed by atoms with Crippen LogP contribution in [0.1, 0.15) is 5.69 Å². The van der Waals surface area contributed by atoms with Crippen LogP contribution in [0.25, 0.3) is 0 Å². The van der Waals surface area contributed by atoms with Gasteiger partial charge in [-0.2, -0.15) is 0 Å². The number of aliphatic hydroxyl groups is 2. The molecule has 0 radical (unpaired) electrons. The first-order valence-corrected chi connectivity index (χ1v) is 4.36. The van der Waals surface area contributed by atoms with E-state index in [-0.39, 0.29) is 13.0 Å². The minimum atomic E-state index is -1.19. The molecule has 1 heterocycles. The van der Waals surface area contributed by atoms with Crippen molar-refractivity contribution in [1.29, 1.82) is 0 Å². The lowest BCUT2D eigenvalue weighted by Crippen LogP contribution is -2.18. The van der Waals surface area contributed by atoms with Crippen molar-refractivity contribution in [3.8, 4) is 0 Å². The molecule has 82 valence electrons. The second kappa shape index (κ2) is 5.28. The van der Waals surface area contributed by atoms with Gasteiger partial charge in [-0.15, -0.1) is 0 Å². The zero-order valence-electron chi connectivity index (χ0n) is 7.92. The van der Waals surface area contributed by atoms with Crippen LogP contribution in [0, 0.1) is 0 Å². The highest BCUT2D eigenvalue weighted by Crippen LogP contribution is 2.13. The molecular formula is C9H12N2O4. The number of aliphatic hydroxyl groups excluding tert-OH is 2. The van der Waals surface area contributed by atoms with E-state index in [2.05, 4.69) is 10.3 Å². The van der Waals surface area contributed by atoms with E-state index < -0.39 is 12.2 Å². The summed E-state index contributed by atoms with van der Waals surface area (Å²) in [6.45, 7) is -0.386. The highest BCUT2D eigenvalue weighted by molar-refractivity contribution is 5.83. The zero-order chi connectivity index (χ0) is 11.3. The Labute approximate surface area is 86.2 Å². The number of nitrogens with zero attached hydrogens (tertiary/aromatic N) is 1. The van der Waals surface area contributed by atoms with E-state index in [1.165, 1.54) is 6.20 Å². The molecule has 0 spiro atoms. The number of carboxylic acid groups (broad SMARTS) is 1. The monoisotopic (exact) mass is 212 g/mol. The summed E-state index contributed by atoms with van der Waals surface area (Å²) in [6.07, 6.45) is -0.531. The van der Waals surface area contributed by atoms with Gasteiger partial charge in [0, 0.05) is 12.6 Å². The van der Waals surface area contributed by atoms with Gasteiger partial charge < -0.3 is 15.3 Å². The van der Waals surface area contributed by atoms with Crippen LogP contribution in [-0.2, 0) is 6.42 Å². The highest BCUT2D eigenvalue weighted by atomic mass is 16.4. The van der Waals surface area contributed by atoms with Crippen LogP contribution in [0.4, 0.5) is 10.5 Å². The molecule has 1 atom stereocenters. The Morgan fingerprint density at radius 3 is 2.93 bits per heavy atom. The van der Waals surface area contributed by atoms with Gasteiger partial charge in [0.25, 0.3) is 0 Å². The van der Waals surface area contributed by atoms with Gasteiger partial charge in [-0.25, -0.2) is 4.79 Å². The van der Waals surface area contributed by atoms with Crippen LogP contribution in [0.5, 0.6) is 0 Å². The Balaban J connectivity index is 2.81. The second-order valence-electron chi connectivity index (χ2n) is 2.97. The Bertz CT molecular complexity index is 343. The molecule has 1 rings (SSSR count). The van der Waals surface area contributed by atoms with Crippen molar-refractivity contribution < 1.29 is 20.1 Å². The quantitative estimate of drug-likeness (QED) is 0.565. The number of anilines is 1. The molecule has 0 saturated carbocycles. The van der Waals surface area contributed by atoms with Gasteiger partial charge in [-0.1, -0.05) is 0 Å². The maximum absolute atomic E-state index is 10.4. The molecule has 1 amide bonds. The van der Waals surface area contributed by atoms with Crippen molar-refractivity contribution in [3.05, 3.63) is 24.0 Å². The van der Waals surface area contributed by atoms with Crippen LogP contribution in [0.2, 0.25) is 0 Å². The van der Waals surface area contributed by atoms with Crippen molar-refractivity contribution in [2.45, 2.75) is 12.5 Å². The van der Waals surface area contributed by atoms with E-state index in [1.54, 1.807) is 12.1 Å². The smallest absolute Gasteiger partial charge is 0.409 e. The molecule has 0 aromatic carbocycles. The normalized spacial score (nSPS) is 12.1. The summed E-state index contributed by atoms with van der Waals surface area (Å²) in [4.78, 5) is 14.3. The maximum atomic E-state index is 10.4. The zero-order valence-corrected chi connectivity index (χ0v) is 7.92. The molecule has 0 bridgehead atoms. The van der Waals surface area contributed by atoms with E-state index in [9.17, 15) is 9.90 Å². The number of hydrogen-bond acceptors (Lipinski definition) is 4. The largest absolute Gasteiger partial charge is 0.465 e. The van der Waals surface area contributed by atoms with Gasteiger partial charge in [-0.05, 0) is 12.1 Å². The summed E-state index contributed by atoms with van der Waals surface area (Å²) in [5.74, 6) is 0. The summed E-state index contributed by atoms with van der Waals surface area (Å²) in [5, 5.41) is 28.6. The first-order chi connectivity index (χ1) is 7.13. The predicted octanol–water partition coefficient (Wildman–Crippen LogP) is 0.0672. The summed E-state index contributed by atoms with van der Waals surface area (Å²) in [5.41, 5.74) is 0.721. The number of nitrogens with one attached hydrogen (secondary N) is 1. The lowest BCUT2D eigenvalue weighted by molar-refractivity contribution is 0.0948. The summed E-state index contributed by atoms with van der Waals surface area (Å²) >= 11 is 0. The van der Waals surface area contributed by atoms with E-state index in [0.29, 0.717) is 11.4 Å². The number of aromatic nitrogens is 1. The van der Waals surface area contributed by atoms with Gasteiger partial charge in [0.05, 0.1) is 24.1 Å². The number of amides is 1. The Morgan fingerprint density at radius 2 is 2.33 bits per heavy atom. The number of rotatable bonds is 4. The molecule has 6 heteroatoms. The summed E-state index contributed by atoms with van der Waals surface area (Å²) < 4.78 is 0. The van der Waals surface area contributed by atoms with Crippen molar-refractivity contribution in [2.24, 2.45) is 0 Å². The molecule has 1 unspecified atom stereocenters. The van der Waals surface area contributed by atoms with Crippen molar-refractivity contribution in [1.82, 2.24) is 4.98 Å². The molecular weight excluding hydrogens is 200 g/mol. The van der Waals surface area contributed by atoms with Crippen LogP contribution in [0.15, 0.2) is 18.3 Å². The second-order valence-corrected chi connectivity index (χ2v) is 2.97. The van der Waals surface area contributed by atoms with Crippen LogP contribution < -0.4 is 5.32 Å². The minimum Gasteiger partial charge on any atom is -0.465 e. The summed E-state index contributed by atoms with van der Waals surface area (Å²) in [6, 6.07) is 3.13. The average Bonchev–Trinajstić information content (AvgIpc) is 2.20. The average molecular weight is 212 g/mol. The van der Waals surface area contributed by atoms with Gasteiger partial charge >= 0.3 is 6.09 Å². The molecule has 0 aliphatic carbocycles. The van der Waals surface area contributed by atoms with E-state index in [4.69, 9.17) is 10.2 Å². The van der Waals surface area contributed by atoms with Gasteiger partial charge in [-0.3, -0.25) is 10.3 Å². The van der Waals surface area contributed by atoms with Crippen LogP contribution in [0.3, 0.4) is 0 Å². The molecule has 4 N–H and O–H groups in total. The molecule has 0 aliphatic heterocycles.